The molecule has 3 aromatic rings. The lowest BCUT2D eigenvalue weighted by atomic mass is 9.80. The average Bonchev–Trinajstić information content (AvgIpc) is 3.00. The highest BCUT2D eigenvalue weighted by molar-refractivity contribution is 6.46. The molecule has 1 atom stereocenters. The molecule has 132 valence electrons. The molecule has 1 aliphatic rings. The quantitative estimate of drug-likeness (QED) is 0.534. The van der Waals surface area contributed by atoms with Crippen LogP contribution in [0.15, 0.2) is 60.7 Å². The van der Waals surface area contributed by atoms with E-state index < -0.39 is 11.7 Å². The molecule has 0 saturated carbocycles. The smallest absolute Gasteiger partial charge is 0.189 e. The lowest BCUT2D eigenvalue weighted by Gasteiger charge is -2.33. The predicted molar refractivity (Wildman–Crippen MR) is 102 cm³/mol. The molecule has 2 N–H and O–H groups in total. The van der Waals surface area contributed by atoms with E-state index in [1.165, 1.54) is 0 Å². The van der Waals surface area contributed by atoms with Gasteiger partial charge in [0.05, 0.1) is 10.6 Å². The number of aliphatic hydroxyl groups excluding tert-OH is 1. The zero-order chi connectivity index (χ0) is 18.5. The largest absolute Gasteiger partial charge is 0.505 e. The van der Waals surface area contributed by atoms with Gasteiger partial charge in [0.15, 0.2) is 11.4 Å². The normalized spacial score (nSPS) is 17.6. The predicted octanol–water partition coefficient (Wildman–Crippen LogP) is 5.72. The van der Waals surface area contributed by atoms with Gasteiger partial charge in [-0.1, -0.05) is 95.5 Å². The maximum absolute atomic E-state index is 11.3. The van der Waals surface area contributed by atoms with Crippen molar-refractivity contribution < 1.29 is 14.9 Å². The Hall–Kier alpha value is -1.91. The zero-order valence-electron chi connectivity index (χ0n) is 13.3. The fourth-order valence-corrected chi connectivity index (χ4v) is 4.12. The highest BCUT2D eigenvalue weighted by Gasteiger charge is 2.53. The van der Waals surface area contributed by atoms with Gasteiger partial charge in [-0.2, -0.15) is 0 Å². The zero-order valence-corrected chi connectivity index (χ0v) is 15.6. The Morgan fingerprint density at radius 1 is 0.769 bits per heavy atom. The van der Waals surface area contributed by atoms with Crippen LogP contribution in [-0.4, -0.2) is 10.2 Å². The summed E-state index contributed by atoms with van der Waals surface area (Å²) < 4.78 is 6.26. The number of halogens is 3. The van der Waals surface area contributed by atoms with Crippen LogP contribution in [0.4, 0.5) is 0 Å². The molecule has 0 aromatic heterocycles. The number of benzene rings is 3. The highest BCUT2D eigenvalue weighted by Crippen LogP contribution is 2.60. The third kappa shape index (κ3) is 2.32. The summed E-state index contributed by atoms with van der Waals surface area (Å²) in [5.74, 6) is -0.212. The maximum Gasteiger partial charge on any atom is 0.189 e. The maximum atomic E-state index is 11.3. The second-order valence-corrected chi connectivity index (χ2v) is 7.14. The molecular weight excluding hydrogens is 395 g/mol. The van der Waals surface area contributed by atoms with Gasteiger partial charge in [0.1, 0.15) is 21.9 Å². The van der Waals surface area contributed by atoms with Crippen LogP contribution in [0.1, 0.15) is 22.8 Å². The van der Waals surface area contributed by atoms with Crippen molar-refractivity contribution >= 4 is 34.8 Å². The molecule has 0 saturated heterocycles. The molecule has 0 bridgehead atoms. The molecule has 4 rings (SSSR count). The fourth-order valence-electron chi connectivity index (χ4n) is 3.38. The van der Waals surface area contributed by atoms with Crippen LogP contribution in [0.2, 0.25) is 15.1 Å². The molecule has 1 aliphatic heterocycles. The number of rotatable bonds is 2. The molecule has 1 heterocycles. The first kappa shape index (κ1) is 17.5. The Kier molecular flexibility index (Phi) is 4.28. The summed E-state index contributed by atoms with van der Waals surface area (Å²) in [7, 11) is 0. The highest BCUT2D eigenvalue weighted by atomic mass is 35.5. The van der Waals surface area contributed by atoms with Crippen LogP contribution in [-0.2, 0) is 5.60 Å². The van der Waals surface area contributed by atoms with Crippen molar-refractivity contribution in [3.8, 4) is 11.5 Å². The third-order valence-corrected chi connectivity index (χ3v) is 5.82. The molecule has 3 aromatic carbocycles. The van der Waals surface area contributed by atoms with Gasteiger partial charge >= 0.3 is 0 Å². The van der Waals surface area contributed by atoms with E-state index in [-0.39, 0.29) is 32.1 Å². The Morgan fingerprint density at radius 3 is 1.77 bits per heavy atom. The third-order valence-electron chi connectivity index (χ3n) is 4.62. The number of hydrogen-bond donors (Lipinski definition) is 2. The van der Waals surface area contributed by atoms with Gasteiger partial charge in [-0.15, -0.1) is 0 Å². The summed E-state index contributed by atoms with van der Waals surface area (Å²) in [5.41, 5.74) is 0.386. The van der Waals surface area contributed by atoms with Crippen LogP contribution >= 0.6 is 34.8 Å². The molecule has 0 fully saturated rings. The van der Waals surface area contributed by atoms with Gasteiger partial charge in [0.25, 0.3) is 0 Å². The Balaban J connectivity index is 2.04. The number of ether oxygens (including phenoxy) is 1. The summed E-state index contributed by atoms with van der Waals surface area (Å²) in [6.07, 6.45) is -1.20. The molecule has 0 amide bonds. The summed E-state index contributed by atoms with van der Waals surface area (Å²) in [6, 6.07) is 18.6. The minimum absolute atomic E-state index is 0.0105. The van der Waals surface area contributed by atoms with Crippen LogP contribution in [0, 0.1) is 0 Å². The molecule has 1 unspecified atom stereocenters. The lowest BCUT2D eigenvalue weighted by Crippen LogP contribution is -2.36. The monoisotopic (exact) mass is 406 g/mol. The molecule has 0 spiro atoms. The summed E-state index contributed by atoms with van der Waals surface area (Å²) in [4.78, 5) is 0. The Bertz CT molecular complexity index is 935. The van der Waals surface area contributed by atoms with Gasteiger partial charge in [-0.3, -0.25) is 0 Å². The first-order chi connectivity index (χ1) is 12.5. The standard InChI is InChI=1S/C20H13Cl3O3/c21-14-13-18(16(23)15(22)17(14)24)26-20(19(13)25,11-7-3-1-4-8-11)12-9-5-2-6-10-12/h1-10,19,24-25H. The van der Waals surface area contributed by atoms with Gasteiger partial charge in [-0.05, 0) is 0 Å². The van der Waals surface area contributed by atoms with Crippen molar-refractivity contribution in [2.45, 2.75) is 11.7 Å². The van der Waals surface area contributed by atoms with Gasteiger partial charge < -0.3 is 14.9 Å². The summed E-state index contributed by atoms with van der Waals surface area (Å²) in [6.45, 7) is 0. The number of aliphatic hydroxyl groups is 1. The van der Waals surface area contributed by atoms with Gasteiger partial charge in [-0.25, -0.2) is 0 Å². The first-order valence-corrected chi connectivity index (χ1v) is 8.99. The van der Waals surface area contributed by atoms with E-state index in [1.54, 1.807) is 0 Å². The molecule has 0 radical (unpaired) electrons. The Labute approximate surface area is 165 Å². The number of phenols is 1. The molecule has 26 heavy (non-hydrogen) atoms. The van der Waals surface area contributed by atoms with E-state index in [4.69, 9.17) is 39.5 Å². The summed E-state index contributed by atoms with van der Waals surface area (Å²) >= 11 is 18.6. The van der Waals surface area contributed by atoms with Crippen molar-refractivity contribution in [2.75, 3.05) is 0 Å². The van der Waals surface area contributed by atoms with E-state index in [9.17, 15) is 10.2 Å². The minimum atomic E-state index is -1.27. The van der Waals surface area contributed by atoms with E-state index >= 15 is 0 Å². The number of hydrogen-bond acceptors (Lipinski definition) is 3. The average molecular weight is 408 g/mol. The second kappa shape index (κ2) is 6.36. The van der Waals surface area contributed by atoms with Gasteiger partial charge in [0, 0.05) is 11.1 Å². The van der Waals surface area contributed by atoms with Crippen LogP contribution in [0.3, 0.4) is 0 Å². The van der Waals surface area contributed by atoms with E-state index in [0.29, 0.717) is 0 Å². The Morgan fingerprint density at radius 2 is 1.27 bits per heavy atom. The number of phenolic OH excluding ortho intramolecular Hbond substituents is 1. The van der Waals surface area contributed by atoms with E-state index in [1.807, 2.05) is 60.7 Å². The first-order valence-electron chi connectivity index (χ1n) is 7.86. The van der Waals surface area contributed by atoms with Crippen LogP contribution in [0.25, 0.3) is 0 Å². The molecular formula is C20H13Cl3O3. The molecule has 3 nitrogen and oxygen atoms in total. The van der Waals surface area contributed by atoms with Crippen LogP contribution < -0.4 is 4.74 Å². The number of aromatic hydroxyl groups is 1. The van der Waals surface area contributed by atoms with Gasteiger partial charge in [0.2, 0.25) is 0 Å². The van der Waals surface area contributed by atoms with Crippen molar-refractivity contribution in [1.82, 2.24) is 0 Å². The number of fused-ring (bicyclic) bond motifs is 1. The molecule has 0 aliphatic carbocycles. The van der Waals surface area contributed by atoms with Crippen LogP contribution in [0.5, 0.6) is 11.5 Å². The lowest BCUT2D eigenvalue weighted by molar-refractivity contribution is -0.000509. The minimum Gasteiger partial charge on any atom is -0.505 e. The van der Waals surface area contributed by atoms with Crippen molar-refractivity contribution in [2.24, 2.45) is 0 Å². The van der Waals surface area contributed by atoms with Crippen molar-refractivity contribution in [3.05, 3.63) is 92.4 Å². The van der Waals surface area contributed by atoms with E-state index in [2.05, 4.69) is 0 Å². The van der Waals surface area contributed by atoms with Crippen molar-refractivity contribution in [1.29, 1.82) is 0 Å². The fraction of sp³-hybridized carbons (Fsp3) is 0.100. The second-order valence-electron chi connectivity index (χ2n) is 6.01. The topological polar surface area (TPSA) is 49.7 Å². The van der Waals surface area contributed by atoms with E-state index in [0.717, 1.165) is 11.1 Å². The van der Waals surface area contributed by atoms with Crippen molar-refractivity contribution in [3.63, 3.8) is 0 Å². The SMILES string of the molecule is Oc1c(Cl)c(Cl)c2c(c1Cl)C(O)C(c1ccccc1)(c1ccccc1)O2. The summed E-state index contributed by atoms with van der Waals surface area (Å²) in [5, 5.41) is 21.3. The molecule has 6 heteroatoms.